The maximum atomic E-state index is 13.5. The van der Waals surface area contributed by atoms with Gasteiger partial charge in [-0.05, 0) is 35.6 Å². The van der Waals surface area contributed by atoms with Crippen molar-refractivity contribution in [3.63, 3.8) is 0 Å². The minimum absolute atomic E-state index is 0.367. The normalized spacial score (nSPS) is 10.7. The molecule has 0 spiro atoms. The van der Waals surface area contributed by atoms with Gasteiger partial charge < -0.3 is 10.1 Å². The molecule has 0 aliphatic carbocycles. The molecule has 0 atom stereocenters. The minimum Gasteiger partial charge on any atom is -0.452 e. The van der Waals surface area contributed by atoms with Crippen molar-refractivity contribution in [2.45, 2.75) is 26.2 Å². The summed E-state index contributed by atoms with van der Waals surface area (Å²) in [5.74, 6) is -3.34. The molecule has 0 aliphatic rings. The molecule has 4 nitrogen and oxygen atoms in total. The van der Waals surface area contributed by atoms with Crippen molar-refractivity contribution < 1.29 is 23.1 Å². The smallest absolute Gasteiger partial charge is 0.344 e. The number of hydrogen-bond donors (Lipinski definition) is 1. The van der Waals surface area contributed by atoms with Crippen LogP contribution in [0.25, 0.3) is 0 Å². The lowest BCUT2D eigenvalue weighted by atomic mass is 10.0. The predicted molar refractivity (Wildman–Crippen MR) is 93.9 cm³/mol. The van der Waals surface area contributed by atoms with Gasteiger partial charge in [-0.2, -0.15) is 0 Å². The van der Waals surface area contributed by atoms with Gasteiger partial charge in [-0.1, -0.05) is 44.2 Å². The molecule has 1 N–H and O–H groups in total. The van der Waals surface area contributed by atoms with E-state index in [1.165, 1.54) is 5.56 Å². The van der Waals surface area contributed by atoms with Crippen LogP contribution in [0.5, 0.6) is 0 Å². The highest BCUT2D eigenvalue weighted by atomic mass is 19.1. The third kappa shape index (κ3) is 5.37. The predicted octanol–water partition coefficient (Wildman–Crippen LogP) is 3.60. The molecule has 1 amide bonds. The van der Waals surface area contributed by atoms with Gasteiger partial charge in [-0.15, -0.1) is 0 Å². The van der Waals surface area contributed by atoms with Crippen LogP contribution < -0.4 is 5.32 Å². The van der Waals surface area contributed by atoms with Gasteiger partial charge in [-0.25, -0.2) is 13.6 Å². The first kappa shape index (κ1) is 19.6. The molecule has 0 radical (unpaired) electrons. The number of esters is 1. The summed E-state index contributed by atoms with van der Waals surface area (Å²) in [5, 5.41) is 2.60. The number of carbonyl (C=O) groups is 2. The summed E-state index contributed by atoms with van der Waals surface area (Å²) in [6.07, 6.45) is 0.625. The van der Waals surface area contributed by atoms with Crippen molar-refractivity contribution in [1.82, 2.24) is 5.32 Å². The Hall–Kier alpha value is -2.76. The molecule has 0 heterocycles. The van der Waals surface area contributed by atoms with Crippen molar-refractivity contribution >= 4 is 11.9 Å². The van der Waals surface area contributed by atoms with Gasteiger partial charge >= 0.3 is 5.97 Å². The summed E-state index contributed by atoms with van der Waals surface area (Å²) >= 11 is 0. The molecule has 2 aromatic rings. The number of ether oxygens (including phenoxy) is 1. The third-order valence-corrected chi connectivity index (χ3v) is 3.88. The van der Waals surface area contributed by atoms with Crippen LogP contribution in [-0.2, 0) is 16.0 Å². The summed E-state index contributed by atoms with van der Waals surface area (Å²) in [7, 11) is 0. The number of nitrogens with one attached hydrogen (secondary N) is 1. The summed E-state index contributed by atoms with van der Waals surface area (Å²) in [6.45, 7) is 4.00. The maximum absolute atomic E-state index is 13.5. The van der Waals surface area contributed by atoms with Crippen molar-refractivity contribution in [1.29, 1.82) is 0 Å². The van der Waals surface area contributed by atoms with Gasteiger partial charge in [0.05, 0.1) is 0 Å². The molecule has 0 aliphatic heterocycles. The van der Waals surface area contributed by atoms with E-state index in [9.17, 15) is 18.4 Å². The van der Waals surface area contributed by atoms with Crippen LogP contribution in [0.1, 0.15) is 41.3 Å². The Bertz CT molecular complexity index is 753. The average molecular weight is 361 g/mol. The lowest BCUT2D eigenvalue weighted by Crippen LogP contribution is -2.30. The van der Waals surface area contributed by atoms with E-state index in [2.05, 4.69) is 23.9 Å². The van der Waals surface area contributed by atoms with E-state index >= 15 is 0 Å². The van der Waals surface area contributed by atoms with E-state index < -0.39 is 35.7 Å². The molecule has 2 aromatic carbocycles. The van der Waals surface area contributed by atoms with Gasteiger partial charge in [0, 0.05) is 6.54 Å². The second-order valence-electron chi connectivity index (χ2n) is 6.17. The zero-order chi connectivity index (χ0) is 19.1. The Balaban J connectivity index is 1.76. The van der Waals surface area contributed by atoms with Crippen molar-refractivity contribution in [3.05, 3.63) is 70.8 Å². The maximum Gasteiger partial charge on any atom is 0.344 e. The van der Waals surface area contributed by atoms with Crippen molar-refractivity contribution in [3.8, 4) is 0 Å². The van der Waals surface area contributed by atoms with Crippen LogP contribution in [0.3, 0.4) is 0 Å². The summed E-state index contributed by atoms with van der Waals surface area (Å²) in [4.78, 5) is 23.4. The highest BCUT2D eigenvalue weighted by Crippen LogP contribution is 2.15. The van der Waals surface area contributed by atoms with Crippen LogP contribution in [-0.4, -0.2) is 25.0 Å². The number of benzene rings is 2. The molecule has 0 unspecified atom stereocenters. The van der Waals surface area contributed by atoms with Gasteiger partial charge in [0.25, 0.3) is 5.91 Å². The number of rotatable bonds is 7. The fourth-order valence-corrected chi connectivity index (χ4v) is 2.36. The van der Waals surface area contributed by atoms with Gasteiger partial charge in [0.15, 0.2) is 6.61 Å². The molecular weight excluding hydrogens is 340 g/mol. The Kier molecular flexibility index (Phi) is 6.83. The lowest BCUT2D eigenvalue weighted by molar-refractivity contribution is -0.124. The Morgan fingerprint density at radius 2 is 1.65 bits per heavy atom. The number of hydrogen-bond acceptors (Lipinski definition) is 3. The number of amides is 1. The average Bonchev–Trinajstić information content (AvgIpc) is 2.60. The first-order valence-corrected chi connectivity index (χ1v) is 8.35. The molecule has 0 aromatic heterocycles. The largest absolute Gasteiger partial charge is 0.452 e. The Morgan fingerprint density at radius 3 is 2.23 bits per heavy atom. The number of halogens is 2. The topological polar surface area (TPSA) is 55.4 Å². The molecule has 2 rings (SSSR count). The molecule has 26 heavy (non-hydrogen) atoms. The van der Waals surface area contributed by atoms with E-state index in [0.29, 0.717) is 18.9 Å². The summed E-state index contributed by atoms with van der Waals surface area (Å²) in [6, 6.07) is 11.1. The Labute approximate surface area is 151 Å². The molecule has 138 valence electrons. The van der Waals surface area contributed by atoms with E-state index in [1.54, 1.807) is 0 Å². The highest BCUT2D eigenvalue weighted by molar-refractivity contribution is 5.91. The monoisotopic (exact) mass is 361 g/mol. The van der Waals surface area contributed by atoms with Crippen LogP contribution in [0, 0.1) is 11.6 Å². The lowest BCUT2D eigenvalue weighted by Gasteiger charge is -2.09. The van der Waals surface area contributed by atoms with Gasteiger partial charge in [-0.3, -0.25) is 4.79 Å². The fourth-order valence-electron chi connectivity index (χ4n) is 2.36. The zero-order valence-electron chi connectivity index (χ0n) is 14.7. The molecule has 6 heteroatoms. The zero-order valence-corrected chi connectivity index (χ0v) is 14.7. The second kappa shape index (κ2) is 9.08. The standard InChI is InChI=1S/C20H21F2NO3/c1-13(2)15-8-6-14(7-9-15)10-11-23-18(24)12-26-20(25)19-16(21)4-3-5-17(19)22/h3-9,13H,10-12H2,1-2H3,(H,23,24). The first-order chi connectivity index (χ1) is 12.4. The Morgan fingerprint density at radius 1 is 1.04 bits per heavy atom. The summed E-state index contributed by atoms with van der Waals surface area (Å²) in [5.41, 5.74) is 1.51. The van der Waals surface area contributed by atoms with Crippen LogP contribution in [0.15, 0.2) is 42.5 Å². The third-order valence-electron chi connectivity index (χ3n) is 3.88. The highest BCUT2D eigenvalue weighted by Gasteiger charge is 2.19. The first-order valence-electron chi connectivity index (χ1n) is 8.35. The molecule has 0 saturated heterocycles. The minimum atomic E-state index is -1.21. The SMILES string of the molecule is CC(C)c1ccc(CCNC(=O)COC(=O)c2c(F)cccc2F)cc1. The summed E-state index contributed by atoms with van der Waals surface area (Å²) < 4.78 is 31.6. The van der Waals surface area contributed by atoms with Crippen LogP contribution >= 0.6 is 0 Å². The van der Waals surface area contributed by atoms with E-state index in [0.717, 1.165) is 23.8 Å². The molecule has 0 fully saturated rings. The molecule has 0 bridgehead atoms. The molecular formula is C20H21F2NO3. The van der Waals surface area contributed by atoms with Crippen LogP contribution in [0.2, 0.25) is 0 Å². The van der Waals surface area contributed by atoms with Crippen molar-refractivity contribution in [2.75, 3.05) is 13.2 Å². The number of carbonyl (C=O) groups excluding carboxylic acids is 2. The fraction of sp³-hybridized carbons (Fsp3) is 0.300. The van der Waals surface area contributed by atoms with Crippen LogP contribution in [0.4, 0.5) is 8.78 Å². The van der Waals surface area contributed by atoms with E-state index in [1.807, 2.05) is 24.3 Å². The van der Waals surface area contributed by atoms with E-state index in [-0.39, 0.29) is 0 Å². The quantitative estimate of drug-likeness (QED) is 0.767. The van der Waals surface area contributed by atoms with Crippen molar-refractivity contribution in [2.24, 2.45) is 0 Å². The van der Waals surface area contributed by atoms with E-state index in [4.69, 9.17) is 0 Å². The second-order valence-corrected chi connectivity index (χ2v) is 6.17. The van der Waals surface area contributed by atoms with Gasteiger partial charge in [0.2, 0.25) is 0 Å². The molecule has 0 saturated carbocycles. The van der Waals surface area contributed by atoms with Gasteiger partial charge in [0.1, 0.15) is 17.2 Å².